The van der Waals surface area contributed by atoms with Crippen LogP contribution >= 0.6 is 0 Å². The van der Waals surface area contributed by atoms with E-state index in [1.165, 1.54) is 39.1 Å². The zero-order chi connectivity index (χ0) is 26.2. The Hall–Kier alpha value is -5.22. The van der Waals surface area contributed by atoms with Gasteiger partial charge in [-0.25, -0.2) is 0 Å². The highest BCUT2D eigenvalue weighted by Crippen LogP contribution is 2.44. The molecular formula is C36H23BN2O. The van der Waals surface area contributed by atoms with E-state index < -0.39 is 0 Å². The maximum absolute atomic E-state index is 6.44. The first kappa shape index (κ1) is 21.7. The molecule has 3 heterocycles. The molecule has 0 amide bonds. The van der Waals surface area contributed by atoms with E-state index in [2.05, 4.69) is 143 Å². The molecule has 3 nitrogen and oxygen atoms in total. The Morgan fingerprint density at radius 1 is 0.425 bits per heavy atom. The van der Waals surface area contributed by atoms with Gasteiger partial charge >= 0.3 is 0 Å². The van der Waals surface area contributed by atoms with Crippen molar-refractivity contribution in [3.05, 3.63) is 140 Å². The standard InChI is InChI=1S/C36H23BN2O/c1-3-12-24(13-4-1)38-30-18-9-8-17-28(30)37-29-23-35-27(26-16-7-10-21-34(26)40-35)22-33(29)39(25-14-5-2-6-15-25)32-20-11-19-31(38)36(32)37/h1-23H. The van der Waals surface area contributed by atoms with Crippen molar-refractivity contribution in [2.45, 2.75) is 0 Å². The summed E-state index contributed by atoms with van der Waals surface area (Å²) in [6, 6.07) is 50.0. The number of hydrogen-bond donors (Lipinski definition) is 0. The van der Waals surface area contributed by atoms with Crippen molar-refractivity contribution >= 4 is 79.2 Å². The van der Waals surface area contributed by atoms with E-state index in [0.29, 0.717) is 0 Å². The number of para-hydroxylation sites is 4. The lowest BCUT2D eigenvalue weighted by atomic mass is 9.33. The molecule has 0 aliphatic carbocycles. The van der Waals surface area contributed by atoms with Gasteiger partial charge in [0, 0.05) is 44.9 Å². The van der Waals surface area contributed by atoms with E-state index in [1.54, 1.807) is 0 Å². The van der Waals surface area contributed by atoms with E-state index in [9.17, 15) is 0 Å². The Balaban J connectivity index is 1.41. The topological polar surface area (TPSA) is 19.6 Å². The van der Waals surface area contributed by atoms with Crippen molar-refractivity contribution in [1.29, 1.82) is 0 Å². The van der Waals surface area contributed by atoms with Gasteiger partial charge in [-0.2, -0.15) is 0 Å². The third-order valence-corrected chi connectivity index (χ3v) is 8.43. The fraction of sp³-hybridized carbons (Fsp3) is 0. The fourth-order valence-corrected chi connectivity index (χ4v) is 6.81. The van der Waals surface area contributed by atoms with E-state index in [0.717, 1.165) is 33.3 Å². The van der Waals surface area contributed by atoms with Gasteiger partial charge in [-0.1, -0.05) is 78.9 Å². The summed E-state index contributed by atoms with van der Waals surface area (Å²) in [5.74, 6) is 0. The summed E-state index contributed by atoms with van der Waals surface area (Å²) in [6.45, 7) is 0.0786. The van der Waals surface area contributed by atoms with Crippen LogP contribution in [0, 0.1) is 0 Å². The van der Waals surface area contributed by atoms with Crippen LogP contribution in [0.25, 0.3) is 21.9 Å². The smallest absolute Gasteiger partial charge is 0.252 e. The van der Waals surface area contributed by atoms with Gasteiger partial charge in [0.1, 0.15) is 11.2 Å². The first-order valence-electron chi connectivity index (χ1n) is 13.7. The summed E-state index contributed by atoms with van der Waals surface area (Å²) in [7, 11) is 0. The van der Waals surface area contributed by atoms with Crippen LogP contribution in [0.15, 0.2) is 144 Å². The van der Waals surface area contributed by atoms with Crippen LogP contribution in [0.2, 0.25) is 0 Å². The molecule has 0 N–H and O–H groups in total. The molecule has 0 fully saturated rings. The van der Waals surface area contributed by atoms with Gasteiger partial charge in [-0.05, 0) is 77.1 Å². The molecule has 186 valence electrons. The molecule has 0 saturated carbocycles. The average molecular weight is 510 g/mol. The molecular weight excluding hydrogens is 487 g/mol. The molecule has 0 bridgehead atoms. The highest BCUT2D eigenvalue weighted by atomic mass is 16.3. The molecule has 7 aromatic rings. The Morgan fingerprint density at radius 3 is 1.77 bits per heavy atom. The number of benzene rings is 6. The molecule has 0 radical (unpaired) electrons. The summed E-state index contributed by atoms with van der Waals surface area (Å²) in [6.07, 6.45) is 0. The van der Waals surface area contributed by atoms with Crippen molar-refractivity contribution in [2.75, 3.05) is 9.80 Å². The molecule has 40 heavy (non-hydrogen) atoms. The molecule has 6 aromatic carbocycles. The number of rotatable bonds is 2. The molecule has 0 unspecified atom stereocenters. The Kier molecular flexibility index (Phi) is 4.41. The van der Waals surface area contributed by atoms with E-state index in [4.69, 9.17) is 4.42 Å². The maximum Gasteiger partial charge on any atom is 0.252 e. The molecule has 2 aliphatic rings. The van der Waals surface area contributed by atoms with Gasteiger partial charge < -0.3 is 14.2 Å². The summed E-state index contributed by atoms with van der Waals surface area (Å²) < 4.78 is 6.44. The Morgan fingerprint density at radius 2 is 1.02 bits per heavy atom. The lowest BCUT2D eigenvalue weighted by molar-refractivity contribution is 0.669. The number of fused-ring (bicyclic) bond motifs is 7. The van der Waals surface area contributed by atoms with Gasteiger partial charge in [0.2, 0.25) is 0 Å². The zero-order valence-corrected chi connectivity index (χ0v) is 21.7. The van der Waals surface area contributed by atoms with Crippen molar-refractivity contribution in [2.24, 2.45) is 0 Å². The predicted octanol–water partition coefficient (Wildman–Crippen LogP) is 7.67. The molecule has 0 atom stereocenters. The second-order valence-corrected chi connectivity index (χ2v) is 10.5. The minimum atomic E-state index is 0.0786. The molecule has 0 spiro atoms. The van der Waals surface area contributed by atoms with Gasteiger partial charge in [0.05, 0.1) is 0 Å². The lowest BCUT2D eigenvalue weighted by Crippen LogP contribution is -2.61. The summed E-state index contributed by atoms with van der Waals surface area (Å²) in [4.78, 5) is 4.85. The summed E-state index contributed by atoms with van der Waals surface area (Å²) in [5.41, 5.74) is 12.9. The third-order valence-electron chi connectivity index (χ3n) is 8.43. The number of hydrogen-bond acceptors (Lipinski definition) is 3. The quantitative estimate of drug-likeness (QED) is 0.223. The molecule has 2 aliphatic heterocycles. The van der Waals surface area contributed by atoms with Crippen LogP contribution in [0.1, 0.15) is 0 Å². The number of furan rings is 1. The Bertz CT molecular complexity index is 2080. The maximum atomic E-state index is 6.44. The van der Waals surface area contributed by atoms with Crippen molar-refractivity contribution in [3.63, 3.8) is 0 Å². The van der Waals surface area contributed by atoms with Gasteiger partial charge in [0.25, 0.3) is 6.71 Å². The first-order valence-corrected chi connectivity index (χ1v) is 13.7. The van der Waals surface area contributed by atoms with E-state index in [-0.39, 0.29) is 6.71 Å². The Labute approximate surface area is 232 Å². The summed E-state index contributed by atoms with van der Waals surface area (Å²) in [5, 5.41) is 2.29. The highest BCUT2D eigenvalue weighted by Gasteiger charge is 2.43. The third kappa shape index (κ3) is 2.90. The second-order valence-electron chi connectivity index (χ2n) is 10.5. The lowest BCUT2D eigenvalue weighted by Gasteiger charge is -2.44. The average Bonchev–Trinajstić information content (AvgIpc) is 3.38. The monoisotopic (exact) mass is 510 g/mol. The summed E-state index contributed by atoms with van der Waals surface area (Å²) >= 11 is 0. The van der Waals surface area contributed by atoms with Gasteiger partial charge in [0.15, 0.2) is 0 Å². The number of nitrogens with zero attached hydrogens (tertiary/aromatic N) is 2. The van der Waals surface area contributed by atoms with Crippen LogP contribution in [-0.4, -0.2) is 6.71 Å². The van der Waals surface area contributed by atoms with Gasteiger partial charge in [-0.3, -0.25) is 0 Å². The fourth-order valence-electron chi connectivity index (χ4n) is 6.81. The molecule has 9 rings (SSSR count). The van der Waals surface area contributed by atoms with Crippen molar-refractivity contribution in [3.8, 4) is 0 Å². The molecule has 0 saturated heterocycles. The van der Waals surface area contributed by atoms with Crippen LogP contribution in [-0.2, 0) is 0 Å². The van der Waals surface area contributed by atoms with E-state index in [1.807, 2.05) is 6.07 Å². The van der Waals surface area contributed by atoms with Crippen LogP contribution < -0.4 is 26.2 Å². The minimum absolute atomic E-state index is 0.0786. The molecule has 4 heteroatoms. The molecule has 1 aromatic heterocycles. The first-order chi connectivity index (χ1) is 19.9. The van der Waals surface area contributed by atoms with Crippen molar-refractivity contribution in [1.82, 2.24) is 0 Å². The van der Waals surface area contributed by atoms with Gasteiger partial charge in [-0.15, -0.1) is 0 Å². The SMILES string of the molecule is c1ccc(N2c3ccccc3B3c4cc5oc6ccccc6c5cc4N(c4ccccc4)c4cccc2c43)cc1. The predicted molar refractivity (Wildman–Crippen MR) is 168 cm³/mol. The van der Waals surface area contributed by atoms with Crippen LogP contribution in [0.3, 0.4) is 0 Å². The van der Waals surface area contributed by atoms with Crippen LogP contribution in [0.4, 0.5) is 34.1 Å². The van der Waals surface area contributed by atoms with Crippen molar-refractivity contribution < 1.29 is 4.42 Å². The number of anilines is 6. The van der Waals surface area contributed by atoms with E-state index >= 15 is 0 Å². The minimum Gasteiger partial charge on any atom is -0.456 e. The highest BCUT2D eigenvalue weighted by molar-refractivity contribution is 7.00. The normalized spacial score (nSPS) is 13.3. The second kappa shape index (κ2) is 8.14. The largest absolute Gasteiger partial charge is 0.456 e. The zero-order valence-electron chi connectivity index (χ0n) is 21.7. The van der Waals surface area contributed by atoms with Crippen LogP contribution in [0.5, 0.6) is 0 Å².